The Balaban J connectivity index is 1.04. The minimum Gasteiger partial charge on any atom is -0.424 e. The van der Waals surface area contributed by atoms with Crippen molar-refractivity contribution in [1.29, 1.82) is 0 Å². The molecule has 11 rings (SSSR count). The Morgan fingerprint density at radius 3 is 2.50 bits per heavy atom. The molecule has 1 N–H and O–H groups in total. The summed E-state index contributed by atoms with van der Waals surface area (Å²) in [5.41, 5.74) is 3.62. The number of thiazole rings is 1. The number of carbonyl (C=O) groups is 1. The van der Waals surface area contributed by atoms with Gasteiger partial charge in [-0.3, -0.25) is 4.79 Å². The summed E-state index contributed by atoms with van der Waals surface area (Å²) >= 11 is 1.63. The maximum Gasteiger partial charge on any atom is 0.230 e. The number of nitrogens with one attached hydrogen (secondary N) is 1. The summed E-state index contributed by atoms with van der Waals surface area (Å²) in [6.45, 7) is 2.00. The number of fused-ring (bicyclic) bond motifs is 4. The van der Waals surface area contributed by atoms with Gasteiger partial charge in [0.25, 0.3) is 0 Å². The topological polar surface area (TPSA) is 80.9 Å². The van der Waals surface area contributed by atoms with E-state index in [4.69, 9.17) is 4.42 Å². The highest BCUT2D eigenvalue weighted by Crippen LogP contribution is 2.65. The number of hydrogen-bond donors (Lipinski definition) is 1. The number of anilines is 1. The first kappa shape index (κ1) is 25.4. The van der Waals surface area contributed by atoms with Crippen molar-refractivity contribution >= 4 is 33.1 Å². The molecule has 1 amide bonds. The number of halogens is 1. The highest BCUT2D eigenvalue weighted by molar-refractivity contribution is 7.18. The maximum absolute atomic E-state index is 16.6. The number of benzene rings is 2. The van der Waals surface area contributed by atoms with Crippen LogP contribution in [0.5, 0.6) is 0 Å². The van der Waals surface area contributed by atoms with Crippen molar-refractivity contribution < 1.29 is 13.6 Å². The van der Waals surface area contributed by atoms with E-state index in [0.717, 1.165) is 115 Å². The fraction of sp³-hybridized carbons (Fsp3) is 0.529. The van der Waals surface area contributed by atoms with Crippen LogP contribution >= 0.6 is 11.3 Å². The average molecular weight is 583 g/mol. The van der Waals surface area contributed by atoms with Gasteiger partial charge < -0.3 is 9.73 Å². The molecule has 0 atom stereocenters. The van der Waals surface area contributed by atoms with Gasteiger partial charge >= 0.3 is 0 Å². The molecule has 2 aromatic carbocycles. The van der Waals surface area contributed by atoms with E-state index < -0.39 is 0 Å². The smallest absolute Gasteiger partial charge is 0.230 e. The Hall–Kier alpha value is -3.13. The summed E-state index contributed by atoms with van der Waals surface area (Å²) in [7, 11) is 0. The zero-order valence-electron chi connectivity index (χ0n) is 24.0. The molecule has 2 heterocycles. The first-order chi connectivity index (χ1) is 20.3. The van der Waals surface area contributed by atoms with E-state index in [1.165, 1.54) is 0 Å². The van der Waals surface area contributed by atoms with Crippen LogP contribution in [-0.4, -0.2) is 21.1 Å². The number of nitrogens with zero attached hydrogens (tertiary/aromatic N) is 3. The van der Waals surface area contributed by atoms with E-state index in [1.54, 1.807) is 17.4 Å². The van der Waals surface area contributed by atoms with Crippen molar-refractivity contribution in [2.45, 2.75) is 95.3 Å². The van der Waals surface area contributed by atoms with Crippen LogP contribution in [0.3, 0.4) is 0 Å². The van der Waals surface area contributed by atoms with Crippen LogP contribution < -0.4 is 5.32 Å². The minimum absolute atomic E-state index is 0.000645. The summed E-state index contributed by atoms with van der Waals surface area (Å²) in [4.78, 5) is 17.7. The second-order valence-electron chi connectivity index (χ2n) is 14.3. The summed E-state index contributed by atoms with van der Waals surface area (Å²) in [6.07, 6.45) is 12.3. The van der Waals surface area contributed by atoms with Gasteiger partial charge in [0.2, 0.25) is 17.7 Å². The molecule has 2 aromatic heterocycles. The molecule has 6 nitrogen and oxygen atoms in total. The Bertz CT molecular complexity index is 1730. The molecule has 7 fully saturated rings. The fourth-order valence-electron chi connectivity index (χ4n) is 8.58. The number of hydrogen-bond acceptors (Lipinski definition) is 6. The number of carbonyl (C=O) groups excluding carboxylic acids is 1. The van der Waals surface area contributed by atoms with Gasteiger partial charge in [-0.2, -0.15) is 0 Å². The van der Waals surface area contributed by atoms with E-state index in [2.05, 4.69) is 32.6 Å². The van der Waals surface area contributed by atoms with E-state index >= 15 is 4.39 Å². The van der Waals surface area contributed by atoms with Gasteiger partial charge in [0, 0.05) is 16.9 Å². The van der Waals surface area contributed by atoms with Crippen LogP contribution in [0.25, 0.3) is 21.3 Å². The molecule has 0 saturated heterocycles. The van der Waals surface area contributed by atoms with Crippen LogP contribution in [0.2, 0.25) is 0 Å². The van der Waals surface area contributed by atoms with Gasteiger partial charge in [0.05, 0.1) is 26.3 Å². The number of rotatable bonds is 7. The molecule has 7 saturated carbocycles. The van der Waals surface area contributed by atoms with Crippen LogP contribution in [0.15, 0.2) is 34.7 Å². The molecule has 4 bridgehead atoms. The van der Waals surface area contributed by atoms with Crippen LogP contribution in [-0.2, 0) is 16.6 Å². The molecule has 7 aliphatic rings. The minimum atomic E-state index is -0.316. The zero-order valence-corrected chi connectivity index (χ0v) is 24.8. The lowest BCUT2D eigenvalue weighted by atomic mass is 9.44. The van der Waals surface area contributed by atoms with E-state index in [-0.39, 0.29) is 28.0 Å². The Kier molecular flexibility index (Phi) is 5.26. The molecule has 0 aliphatic heterocycles. The molecule has 0 unspecified atom stereocenters. The zero-order chi connectivity index (χ0) is 28.3. The Morgan fingerprint density at radius 1 is 1.05 bits per heavy atom. The molecular weight excluding hydrogens is 547 g/mol. The lowest BCUT2D eigenvalue weighted by molar-refractivity contribution is -0.158. The van der Waals surface area contributed by atoms with Crippen molar-refractivity contribution in [2.24, 2.45) is 16.7 Å². The van der Waals surface area contributed by atoms with Crippen molar-refractivity contribution in [1.82, 2.24) is 15.2 Å². The SMILES string of the molecule is Cc1nc2ccc(-c3c(CC45CCC(c6nnc(C7CC7)o6)(CC4)CC5)ccc(NC(=O)C45CC(C4)C5)c3F)cc2s1. The third kappa shape index (κ3) is 3.79. The summed E-state index contributed by atoms with van der Waals surface area (Å²) in [6, 6.07) is 9.94. The van der Waals surface area contributed by atoms with Crippen LogP contribution in [0.1, 0.15) is 98.9 Å². The quantitative estimate of drug-likeness (QED) is 0.237. The second-order valence-corrected chi connectivity index (χ2v) is 15.5. The molecule has 0 radical (unpaired) electrons. The molecule has 4 aromatic rings. The van der Waals surface area contributed by atoms with Gasteiger partial charge in [0.15, 0.2) is 5.82 Å². The predicted molar refractivity (Wildman–Crippen MR) is 160 cm³/mol. The van der Waals surface area contributed by atoms with Gasteiger partial charge in [0.1, 0.15) is 0 Å². The van der Waals surface area contributed by atoms with Gasteiger partial charge in [-0.1, -0.05) is 12.1 Å². The number of aryl methyl sites for hydroxylation is 1. The standard InChI is InChI=1S/C34H35FN4O2S/c1-19-36-24-6-4-22(14-26(24)42-19)27-23(5-7-25(28(27)35)37-30(40)34-15-20(16-34)17-34)18-32-8-11-33(12-9-32,13-10-32)31-39-38-29(41-31)21-2-3-21/h4-7,14,20-21H,2-3,8-13,15-18H2,1H3,(H,37,40). The summed E-state index contributed by atoms with van der Waals surface area (Å²) < 4.78 is 23.9. The predicted octanol–water partition coefficient (Wildman–Crippen LogP) is 8.24. The number of aromatic nitrogens is 3. The molecule has 42 heavy (non-hydrogen) atoms. The molecule has 216 valence electrons. The molecule has 7 aliphatic carbocycles. The Labute approximate surface area is 248 Å². The van der Waals surface area contributed by atoms with Crippen LogP contribution in [0, 0.1) is 29.5 Å². The lowest BCUT2D eigenvalue weighted by Crippen LogP contribution is -2.58. The summed E-state index contributed by atoms with van der Waals surface area (Å²) in [5.74, 6) is 2.51. The number of amides is 1. The van der Waals surface area contributed by atoms with Gasteiger partial charge in [-0.25, -0.2) is 9.37 Å². The third-order valence-corrected chi connectivity index (χ3v) is 12.5. The highest BCUT2D eigenvalue weighted by Gasteiger charge is 2.61. The molecular formula is C34H35FN4O2S. The Morgan fingerprint density at radius 2 is 1.81 bits per heavy atom. The van der Waals surface area contributed by atoms with Gasteiger partial charge in [-0.05, 0) is 125 Å². The summed E-state index contributed by atoms with van der Waals surface area (Å²) in [5, 5.41) is 12.9. The highest BCUT2D eigenvalue weighted by atomic mass is 32.1. The van der Waals surface area contributed by atoms with Crippen molar-refractivity contribution in [3.63, 3.8) is 0 Å². The largest absolute Gasteiger partial charge is 0.424 e. The van der Waals surface area contributed by atoms with Gasteiger partial charge in [-0.15, -0.1) is 21.5 Å². The van der Waals surface area contributed by atoms with Crippen molar-refractivity contribution in [3.8, 4) is 11.1 Å². The fourth-order valence-corrected chi connectivity index (χ4v) is 9.44. The second kappa shape index (κ2) is 8.71. The first-order valence-corrected chi connectivity index (χ1v) is 16.5. The van der Waals surface area contributed by atoms with E-state index in [9.17, 15) is 4.79 Å². The molecule has 8 heteroatoms. The average Bonchev–Trinajstić information content (AvgIpc) is 3.53. The first-order valence-electron chi connectivity index (χ1n) is 15.7. The lowest BCUT2D eigenvalue weighted by Gasteiger charge is -2.60. The van der Waals surface area contributed by atoms with E-state index in [1.807, 2.05) is 19.1 Å². The maximum atomic E-state index is 16.6. The molecule has 0 spiro atoms. The van der Waals surface area contributed by atoms with Crippen molar-refractivity contribution in [3.05, 3.63) is 58.5 Å². The monoisotopic (exact) mass is 582 g/mol. The van der Waals surface area contributed by atoms with Crippen molar-refractivity contribution in [2.75, 3.05) is 5.32 Å². The normalized spacial score (nSPS) is 31.1. The van der Waals surface area contributed by atoms with E-state index in [0.29, 0.717) is 23.1 Å². The van der Waals surface area contributed by atoms with Crippen LogP contribution in [0.4, 0.5) is 10.1 Å². The third-order valence-electron chi connectivity index (χ3n) is 11.6.